The molecule has 0 amide bonds. The smallest absolute Gasteiger partial charge is 0.319 e. The van der Waals surface area contributed by atoms with Gasteiger partial charge in [0.2, 0.25) is 0 Å². The van der Waals surface area contributed by atoms with Gasteiger partial charge >= 0.3 is 5.97 Å². The number of aryl methyl sites for hydroxylation is 1. The summed E-state index contributed by atoms with van der Waals surface area (Å²) in [5, 5.41) is 0. The molecule has 0 N–H and O–H groups in total. The van der Waals surface area contributed by atoms with Gasteiger partial charge in [-0.1, -0.05) is 63.6 Å². The first-order valence-electron chi connectivity index (χ1n) is 8.69. The summed E-state index contributed by atoms with van der Waals surface area (Å²) in [6.45, 7) is 3.91. The first kappa shape index (κ1) is 19.9. The van der Waals surface area contributed by atoms with Crippen LogP contribution in [-0.4, -0.2) is 20.2 Å². The highest BCUT2D eigenvalue weighted by Crippen LogP contribution is 2.23. The Hall–Kier alpha value is -1.10. The molecule has 0 aliphatic rings. The zero-order valence-corrected chi connectivity index (χ0v) is 15.1. The second kappa shape index (κ2) is 11.4. The van der Waals surface area contributed by atoms with E-state index in [1.54, 1.807) is 6.92 Å². The number of hydrogen-bond acceptors (Lipinski definition) is 4. The van der Waals surface area contributed by atoms with E-state index in [4.69, 9.17) is 19.2 Å². The molecule has 0 spiro atoms. The molecule has 0 aliphatic carbocycles. The maximum absolute atomic E-state index is 5.44. The van der Waals surface area contributed by atoms with Gasteiger partial charge < -0.3 is 14.4 Å². The fourth-order valence-electron chi connectivity index (χ4n) is 2.34. The van der Waals surface area contributed by atoms with Gasteiger partial charge in [-0.15, -0.1) is 4.89 Å². The molecular weight excluding hydrogens is 292 g/mol. The quantitative estimate of drug-likeness (QED) is 0.215. The lowest BCUT2D eigenvalue weighted by molar-refractivity contribution is -0.455. The fourth-order valence-corrected chi connectivity index (χ4v) is 2.34. The van der Waals surface area contributed by atoms with Crippen LogP contribution in [-0.2, 0) is 20.8 Å². The second-order valence-electron chi connectivity index (χ2n) is 5.92. The number of para-hydroxylation sites is 1. The monoisotopic (exact) mass is 324 g/mol. The molecule has 0 saturated carbocycles. The highest BCUT2D eigenvalue weighted by Gasteiger charge is 2.26. The standard InChI is InChI=1S/C19H32O4/c1-5-6-7-8-9-10-11-14-17-15-12-13-16-18(17)22-23-19(2,20-3)21-4/h12-13,15-16H,5-11,14H2,1-4H3. The Morgan fingerprint density at radius 3 is 2.13 bits per heavy atom. The zero-order valence-electron chi connectivity index (χ0n) is 15.1. The zero-order chi connectivity index (χ0) is 17.0. The van der Waals surface area contributed by atoms with Crippen LogP contribution in [0.2, 0.25) is 0 Å². The van der Waals surface area contributed by atoms with Gasteiger partial charge in [-0.2, -0.15) is 0 Å². The van der Waals surface area contributed by atoms with Crippen LogP contribution in [0.15, 0.2) is 24.3 Å². The van der Waals surface area contributed by atoms with E-state index in [2.05, 4.69) is 13.0 Å². The summed E-state index contributed by atoms with van der Waals surface area (Å²) in [5.74, 6) is -0.481. The molecule has 0 radical (unpaired) electrons. The van der Waals surface area contributed by atoms with Gasteiger partial charge in [-0.05, 0) is 24.5 Å². The Labute approximate surface area is 141 Å². The minimum atomic E-state index is -1.20. The Morgan fingerprint density at radius 2 is 1.48 bits per heavy atom. The van der Waals surface area contributed by atoms with Crippen molar-refractivity contribution in [1.82, 2.24) is 0 Å². The van der Waals surface area contributed by atoms with Crippen LogP contribution >= 0.6 is 0 Å². The molecule has 1 rings (SSSR count). The topological polar surface area (TPSA) is 36.9 Å². The van der Waals surface area contributed by atoms with Gasteiger partial charge in [0.1, 0.15) is 0 Å². The van der Waals surface area contributed by atoms with Crippen LogP contribution in [0.4, 0.5) is 0 Å². The SMILES string of the molecule is CCCCCCCCCc1ccccc1OOC(C)(OC)OC. The van der Waals surface area contributed by atoms with Crippen molar-refractivity contribution in [1.29, 1.82) is 0 Å². The highest BCUT2D eigenvalue weighted by atomic mass is 17.3. The van der Waals surface area contributed by atoms with E-state index in [0.29, 0.717) is 0 Å². The molecule has 0 fully saturated rings. The van der Waals surface area contributed by atoms with Crippen LogP contribution < -0.4 is 4.89 Å². The van der Waals surface area contributed by atoms with Crippen LogP contribution in [0.1, 0.15) is 64.4 Å². The highest BCUT2D eigenvalue weighted by molar-refractivity contribution is 5.32. The normalized spacial score (nSPS) is 11.7. The number of unbranched alkanes of at least 4 members (excludes halogenated alkanes) is 6. The third-order valence-corrected chi connectivity index (χ3v) is 4.05. The first-order chi connectivity index (χ1) is 11.1. The molecule has 4 heteroatoms. The van der Waals surface area contributed by atoms with Crippen LogP contribution in [0.3, 0.4) is 0 Å². The Bertz CT molecular complexity index is 416. The van der Waals surface area contributed by atoms with Crippen LogP contribution in [0.5, 0.6) is 5.75 Å². The molecule has 0 bridgehead atoms. The molecule has 0 unspecified atom stereocenters. The third kappa shape index (κ3) is 7.82. The van der Waals surface area contributed by atoms with Gasteiger partial charge in [-0.3, -0.25) is 0 Å². The number of rotatable bonds is 13. The summed E-state index contributed by atoms with van der Waals surface area (Å²) in [7, 11) is 3.02. The molecule has 0 saturated heterocycles. The molecule has 0 heterocycles. The maximum atomic E-state index is 5.44. The van der Waals surface area contributed by atoms with Crippen molar-refractivity contribution in [3.05, 3.63) is 29.8 Å². The number of ether oxygens (including phenoxy) is 2. The van der Waals surface area contributed by atoms with Crippen molar-refractivity contribution in [3.63, 3.8) is 0 Å². The molecule has 4 nitrogen and oxygen atoms in total. The Kier molecular flexibility index (Phi) is 9.92. The predicted octanol–water partition coefficient (Wildman–Crippen LogP) is 5.26. The Balaban J connectivity index is 2.38. The number of hydrogen-bond donors (Lipinski definition) is 0. The fraction of sp³-hybridized carbons (Fsp3) is 0.684. The van der Waals surface area contributed by atoms with Crippen LogP contribution in [0.25, 0.3) is 0 Å². The van der Waals surface area contributed by atoms with E-state index in [-0.39, 0.29) is 0 Å². The van der Waals surface area contributed by atoms with Gasteiger partial charge in [0, 0.05) is 21.1 Å². The average Bonchev–Trinajstić information content (AvgIpc) is 2.59. The molecule has 0 aliphatic heterocycles. The summed E-state index contributed by atoms with van der Waals surface area (Å²) in [6.07, 6.45) is 10.1. The summed E-state index contributed by atoms with van der Waals surface area (Å²) in [4.78, 5) is 10.7. The number of benzene rings is 1. The summed E-state index contributed by atoms with van der Waals surface area (Å²) < 4.78 is 10.2. The molecule has 132 valence electrons. The van der Waals surface area contributed by atoms with Crippen molar-refractivity contribution in [2.45, 2.75) is 71.2 Å². The van der Waals surface area contributed by atoms with E-state index < -0.39 is 5.97 Å². The summed E-state index contributed by atoms with van der Waals surface area (Å²) >= 11 is 0. The van der Waals surface area contributed by atoms with Crippen molar-refractivity contribution in [3.8, 4) is 5.75 Å². The van der Waals surface area contributed by atoms with Gasteiger partial charge in [0.15, 0.2) is 5.75 Å². The van der Waals surface area contributed by atoms with Crippen molar-refractivity contribution >= 4 is 0 Å². The first-order valence-corrected chi connectivity index (χ1v) is 8.69. The van der Waals surface area contributed by atoms with Gasteiger partial charge in [-0.25, -0.2) is 0 Å². The van der Waals surface area contributed by atoms with E-state index in [1.807, 2.05) is 18.2 Å². The molecular formula is C19H32O4. The van der Waals surface area contributed by atoms with Gasteiger partial charge in [0.25, 0.3) is 0 Å². The van der Waals surface area contributed by atoms with Crippen molar-refractivity contribution in [2.75, 3.05) is 14.2 Å². The lowest BCUT2D eigenvalue weighted by atomic mass is 10.0. The maximum Gasteiger partial charge on any atom is 0.319 e. The van der Waals surface area contributed by atoms with Crippen molar-refractivity contribution in [2.24, 2.45) is 0 Å². The lowest BCUT2D eigenvalue weighted by Crippen LogP contribution is -2.34. The molecule has 1 aromatic rings. The predicted molar refractivity (Wildman–Crippen MR) is 92.3 cm³/mol. The molecule has 23 heavy (non-hydrogen) atoms. The Morgan fingerprint density at radius 1 is 0.870 bits per heavy atom. The minimum absolute atomic E-state index is 0.721. The van der Waals surface area contributed by atoms with E-state index in [1.165, 1.54) is 59.2 Å². The van der Waals surface area contributed by atoms with Crippen molar-refractivity contribution < 1.29 is 19.2 Å². The van der Waals surface area contributed by atoms with E-state index >= 15 is 0 Å². The molecule has 0 atom stereocenters. The number of methoxy groups -OCH3 is 2. The van der Waals surface area contributed by atoms with E-state index in [0.717, 1.165) is 17.7 Å². The summed E-state index contributed by atoms with van der Waals surface area (Å²) in [5.41, 5.74) is 1.15. The molecule has 0 aromatic heterocycles. The molecule has 1 aromatic carbocycles. The summed E-state index contributed by atoms with van der Waals surface area (Å²) in [6, 6.07) is 7.94. The third-order valence-electron chi connectivity index (χ3n) is 4.05. The lowest BCUT2D eigenvalue weighted by Gasteiger charge is -2.24. The van der Waals surface area contributed by atoms with Gasteiger partial charge in [0.05, 0.1) is 0 Å². The van der Waals surface area contributed by atoms with E-state index in [9.17, 15) is 0 Å². The van der Waals surface area contributed by atoms with Crippen LogP contribution in [0, 0.1) is 0 Å². The second-order valence-corrected chi connectivity index (χ2v) is 5.92. The largest absolute Gasteiger partial charge is 0.332 e. The minimum Gasteiger partial charge on any atom is -0.332 e. The average molecular weight is 324 g/mol.